The molecule has 0 spiro atoms. The van der Waals surface area contributed by atoms with Crippen molar-refractivity contribution in [2.24, 2.45) is 0 Å². The molecule has 0 fully saturated rings. The summed E-state index contributed by atoms with van der Waals surface area (Å²) in [4.78, 5) is 16.8. The lowest BCUT2D eigenvalue weighted by molar-refractivity contribution is -0.387. The number of halogens is 2. The standard InChI is InChI=1S/C10H6Cl2N4O4S/c11-6-1-2-8(7(3-6)16(17)18)21(19,20)15-10-4-9(12)13-5-14-10/h1-5H,(H,13,14,15). The van der Waals surface area contributed by atoms with E-state index in [1.165, 1.54) is 12.1 Å². The maximum absolute atomic E-state index is 12.2. The van der Waals surface area contributed by atoms with Crippen LogP contribution in [0, 0.1) is 10.1 Å². The Morgan fingerprint density at radius 2 is 1.90 bits per heavy atom. The van der Waals surface area contributed by atoms with Crippen LogP contribution in [0.4, 0.5) is 11.5 Å². The van der Waals surface area contributed by atoms with Gasteiger partial charge >= 0.3 is 0 Å². The fourth-order valence-corrected chi connectivity index (χ4v) is 2.91. The lowest BCUT2D eigenvalue weighted by Gasteiger charge is -2.07. The number of hydrogen-bond acceptors (Lipinski definition) is 6. The Morgan fingerprint density at radius 3 is 2.52 bits per heavy atom. The average molecular weight is 349 g/mol. The maximum atomic E-state index is 12.2. The molecule has 0 aliphatic heterocycles. The Morgan fingerprint density at radius 1 is 1.19 bits per heavy atom. The molecular formula is C10H6Cl2N4O4S. The number of hydrogen-bond donors (Lipinski definition) is 1. The molecule has 0 unspecified atom stereocenters. The number of aromatic nitrogens is 2. The molecule has 0 radical (unpaired) electrons. The summed E-state index contributed by atoms with van der Waals surface area (Å²) in [6, 6.07) is 4.38. The second-order valence-corrected chi connectivity index (χ2v) is 6.18. The minimum absolute atomic E-state index is 0.0216. The van der Waals surface area contributed by atoms with E-state index >= 15 is 0 Å². The lowest BCUT2D eigenvalue weighted by atomic mass is 10.3. The first-order valence-corrected chi connectivity index (χ1v) is 7.48. The number of rotatable bonds is 4. The molecule has 0 amide bonds. The molecule has 0 aliphatic carbocycles. The number of nitro groups is 1. The van der Waals surface area contributed by atoms with E-state index in [1.54, 1.807) is 0 Å². The molecule has 2 aromatic rings. The van der Waals surface area contributed by atoms with Crippen molar-refractivity contribution in [3.8, 4) is 0 Å². The van der Waals surface area contributed by atoms with E-state index < -0.39 is 25.5 Å². The van der Waals surface area contributed by atoms with Crippen molar-refractivity contribution < 1.29 is 13.3 Å². The second-order valence-electron chi connectivity index (χ2n) is 3.70. The highest BCUT2D eigenvalue weighted by molar-refractivity contribution is 7.92. The van der Waals surface area contributed by atoms with E-state index in [-0.39, 0.29) is 16.0 Å². The summed E-state index contributed by atoms with van der Waals surface area (Å²) in [6.45, 7) is 0. The van der Waals surface area contributed by atoms with Crippen LogP contribution in [0.3, 0.4) is 0 Å². The van der Waals surface area contributed by atoms with Gasteiger partial charge < -0.3 is 0 Å². The van der Waals surface area contributed by atoms with Crippen molar-refractivity contribution in [3.05, 3.63) is 50.9 Å². The largest absolute Gasteiger partial charge is 0.291 e. The number of nitrogens with one attached hydrogen (secondary N) is 1. The first kappa shape index (κ1) is 15.4. The Balaban J connectivity index is 2.47. The Labute approximate surface area is 128 Å². The highest BCUT2D eigenvalue weighted by Crippen LogP contribution is 2.28. The molecule has 11 heteroatoms. The normalized spacial score (nSPS) is 11.1. The van der Waals surface area contributed by atoms with Gasteiger partial charge in [0.05, 0.1) is 4.92 Å². The third kappa shape index (κ3) is 3.57. The van der Waals surface area contributed by atoms with Gasteiger partial charge in [-0.3, -0.25) is 14.8 Å². The van der Waals surface area contributed by atoms with Gasteiger partial charge in [0.1, 0.15) is 17.3 Å². The third-order valence-corrected chi connectivity index (χ3v) is 4.12. The van der Waals surface area contributed by atoms with Crippen LogP contribution in [-0.4, -0.2) is 23.3 Å². The van der Waals surface area contributed by atoms with Crippen molar-refractivity contribution >= 4 is 44.7 Å². The van der Waals surface area contributed by atoms with E-state index in [2.05, 4.69) is 14.7 Å². The van der Waals surface area contributed by atoms with E-state index in [4.69, 9.17) is 23.2 Å². The number of nitrogens with zero attached hydrogens (tertiary/aromatic N) is 3. The number of nitro benzene ring substituents is 1. The van der Waals surface area contributed by atoms with Gasteiger partial charge in [-0.05, 0) is 12.1 Å². The highest BCUT2D eigenvalue weighted by Gasteiger charge is 2.26. The third-order valence-electron chi connectivity index (χ3n) is 2.28. The summed E-state index contributed by atoms with van der Waals surface area (Å²) >= 11 is 11.2. The van der Waals surface area contributed by atoms with Gasteiger partial charge in [-0.15, -0.1) is 0 Å². The Kier molecular flexibility index (Phi) is 4.26. The lowest BCUT2D eigenvalue weighted by Crippen LogP contribution is -2.15. The van der Waals surface area contributed by atoms with E-state index in [1.807, 2.05) is 0 Å². The van der Waals surface area contributed by atoms with Crippen molar-refractivity contribution in [3.63, 3.8) is 0 Å². The monoisotopic (exact) mass is 348 g/mol. The molecule has 1 heterocycles. The molecule has 0 saturated carbocycles. The Hall–Kier alpha value is -1.97. The van der Waals surface area contributed by atoms with Gasteiger partial charge in [0.25, 0.3) is 15.7 Å². The van der Waals surface area contributed by atoms with Gasteiger partial charge in [-0.2, -0.15) is 0 Å². The fourth-order valence-electron chi connectivity index (χ4n) is 1.44. The van der Waals surface area contributed by atoms with Crippen LogP contribution >= 0.6 is 23.2 Å². The summed E-state index contributed by atoms with van der Waals surface area (Å²) in [6.07, 6.45) is 1.05. The summed E-state index contributed by atoms with van der Waals surface area (Å²) < 4.78 is 26.5. The molecule has 0 bridgehead atoms. The van der Waals surface area contributed by atoms with Gasteiger partial charge in [0.2, 0.25) is 0 Å². The van der Waals surface area contributed by atoms with Gasteiger partial charge in [0, 0.05) is 17.2 Å². The number of benzene rings is 1. The Bertz CT molecular complexity index is 812. The van der Waals surface area contributed by atoms with Crippen LogP contribution < -0.4 is 4.72 Å². The summed E-state index contributed by atoms with van der Waals surface area (Å²) in [5, 5.41) is 11.0. The van der Waals surface area contributed by atoms with Crippen LogP contribution in [-0.2, 0) is 10.0 Å². The summed E-state index contributed by atoms with van der Waals surface area (Å²) in [7, 11) is -4.22. The first-order chi connectivity index (χ1) is 9.79. The smallest absolute Gasteiger partial charge is 0.263 e. The molecule has 8 nitrogen and oxygen atoms in total. The molecule has 0 saturated heterocycles. The predicted molar refractivity (Wildman–Crippen MR) is 76.0 cm³/mol. The molecule has 1 aromatic carbocycles. The van der Waals surface area contributed by atoms with E-state index in [9.17, 15) is 18.5 Å². The molecule has 0 aliphatic rings. The molecule has 2 rings (SSSR count). The molecular weight excluding hydrogens is 343 g/mol. The molecule has 0 atom stereocenters. The minimum atomic E-state index is -4.22. The maximum Gasteiger partial charge on any atom is 0.291 e. The van der Waals surface area contributed by atoms with E-state index in [0.717, 1.165) is 18.5 Å². The van der Waals surface area contributed by atoms with E-state index in [0.29, 0.717) is 0 Å². The summed E-state index contributed by atoms with van der Waals surface area (Å²) in [5.74, 6) is -0.112. The first-order valence-electron chi connectivity index (χ1n) is 5.24. The van der Waals surface area contributed by atoms with Crippen LogP contribution in [0.5, 0.6) is 0 Å². The molecule has 1 aromatic heterocycles. The zero-order chi connectivity index (χ0) is 15.6. The van der Waals surface area contributed by atoms with Crippen molar-refractivity contribution in [2.45, 2.75) is 4.90 Å². The van der Waals surface area contributed by atoms with Crippen LogP contribution in [0.25, 0.3) is 0 Å². The number of anilines is 1. The fraction of sp³-hybridized carbons (Fsp3) is 0. The van der Waals surface area contributed by atoms with Gasteiger partial charge in [0.15, 0.2) is 4.90 Å². The number of sulfonamides is 1. The quantitative estimate of drug-likeness (QED) is 0.515. The molecule has 21 heavy (non-hydrogen) atoms. The van der Waals surface area contributed by atoms with Crippen LogP contribution in [0.15, 0.2) is 35.5 Å². The molecule has 1 N–H and O–H groups in total. The SMILES string of the molecule is O=[N+]([O-])c1cc(Cl)ccc1S(=O)(=O)Nc1cc(Cl)ncn1. The highest BCUT2D eigenvalue weighted by atomic mass is 35.5. The second kappa shape index (κ2) is 5.80. The van der Waals surface area contributed by atoms with Crippen LogP contribution in [0.2, 0.25) is 10.2 Å². The minimum Gasteiger partial charge on any atom is -0.263 e. The zero-order valence-corrected chi connectivity index (χ0v) is 12.4. The predicted octanol–water partition coefficient (Wildman–Crippen LogP) is 2.49. The molecule has 110 valence electrons. The van der Waals surface area contributed by atoms with Crippen molar-refractivity contribution in [1.29, 1.82) is 0 Å². The summed E-state index contributed by atoms with van der Waals surface area (Å²) in [5.41, 5.74) is -0.643. The van der Waals surface area contributed by atoms with Crippen LogP contribution in [0.1, 0.15) is 0 Å². The van der Waals surface area contributed by atoms with Crippen molar-refractivity contribution in [1.82, 2.24) is 9.97 Å². The van der Waals surface area contributed by atoms with Gasteiger partial charge in [-0.1, -0.05) is 23.2 Å². The topological polar surface area (TPSA) is 115 Å². The zero-order valence-electron chi connectivity index (χ0n) is 10.0. The average Bonchev–Trinajstić information content (AvgIpc) is 2.37. The van der Waals surface area contributed by atoms with Crippen molar-refractivity contribution in [2.75, 3.05) is 4.72 Å². The van der Waals surface area contributed by atoms with Gasteiger partial charge in [-0.25, -0.2) is 18.4 Å².